The number of benzene rings is 2. The number of hydrogen-bond acceptors (Lipinski definition) is 5. The van der Waals surface area contributed by atoms with Gasteiger partial charge in [-0.1, -0.05) is 30.3 Å². The standard InChI is InChI=1S/C25H29N3O4/c1-4-32-24(29)22-20(15-28-16(2)9-10-17-7-5-6-8-21(17)28)26-25(30)27-23(22)18-11-13-19(31-3)14-12-18/h5-8,11-14,16,23H,4,9-10,15H2,1-3H3,(H2,26,27,30). The number of rotatable bonds is 6. The lowest BCUT2D eigenvalue weighted by molar-refractivity contribution is -0.139. The first kappa shape index (κ1) is 21.7. The molecule has 0 spiro atoms. The number of anilines is 1. The van der Waals surface area contributed by atoms with Crippen molar-refractivity contribution in [3.05, 3.63) is 70.9 Å². The van der Waals surface area contributed by atoms with Crippen LogP contribution in [0.1, 0.15) is 37.4 Å². The van der Waals surface area contributed by atoms with Gasteiger partial charge in [0, 0.05) is 11.7 Å². The van der Waals surface area contributed by atoms with Crippen LogP contribution in [-0.2, 0) is 16.0 Å². The first-order valence-corrected chi connectivity index (χ1v) is 11.0. The van der Waals surface area contributed by atoms with Crippen LogP contribution in [0.4, 0.5) is 10.5 Å². The van der Waals surface area contributed by atoms with E-state index in [0.717, 1.165) is 24.1 Å². The van der Waals surface area contributed by atoms with Crippen molar-refractivity contribution in [1.82, 2.24) is 10.6 Å². The number of aryl methyl sites for hydroxylation is 1. The van der Waals surface area contributed by atoms with Crippen LogP contribution in [0.25, 0.3) is 0 Å². The molecule has 0 saturated carbocycles. The molecule has 2 aliphatic rings. The lowest BCUT2D eigenvalue weighted by atomic mass is 9.93. The number of para-hydroxylation sites is 1. The van der Waals surface area contributed by atoms with Crippen molar-refractivity contribution in [3.8, 4) is 5.75 Å². The lowest BCUT2D eigenvalue weighted by Crippen LogP contribution is -2.50. The normalized spacial score (nSPS) is 20.2. The monoisotopic (exact) mass is 435 g/mol. The molecule has 2 amide bonds. The highest BCUT2D eigenvalue weighted by molar-refractivity contribution is 5.95. The van der Waals surface area contributed by atoms with Crippen molar-refractivity contribution in [2.45, 2.75) is 38.8 Å². The molecule has 2 aromatic carbocycles. The van der Waals surface area contributed by atoms with Gasteiger partial charge in [0.1, 0.15) is 5.75 Å². The van der Waals surface area contributed by atoms with Crippen molar-refractivity contribution in [2.24, 2.45) is 0 Å². The van der Waals surface area contributed by atoms with Crippen molar-refractivity contribution < 1.29 is 19.1 Å². The van der Waals surface area contributed by atoms with Gasteiger partial charge >= 0.3 is 12.0 Å². The Hall–Kier alpha value is -3.48. The summed E-state index contributed by atoms with van der Waals surface area (Å²) >= 11 is 0. The van der Waals surface area contributed by atoms with E-state index in [2.05, 4.69) is 34.6 Å². The average Bonchev–Trinajstić information content (AvgIpc) is 2.80. The number of methoxy groups -OCH3 is 1. The Kier molecular flexibility index (Phi) is 6.35. The molecule has 2 aliphatic heterocycles. The molecule has 2 unspecified atom stereocenters. The first-order valence-electron chi connectivity index (χ1n) is 11.0. The third-order valence-electron chi connectivity index (χ3n) is 6.09. The molecule has 2 aromatic rings. The number of nitrogens with one attached hydrogen (secondary N) is 2. The summed E-state index contributed by atoms with van der Waals surface area (Å²) in [6.07, 6.45) is 2.02. The summed E-state index contributed by atoms with van der Waals surface area (Å²) in [5.74, 6) is 0.267. The Balaban J connectivity index is 1.76. The minimum atomic E-state index is -0.612. The molecule has 0 radical (unpaired) electrons. The van der Waals surface area contributed by atoms with Crippen LogP contribution >= 0.6 is 0 Å². The van der Waals surface area contributed by atoms with E-state index in [0.29, 0.717) is 23.6 Å². The maximum Gasteiger partial charge on any atom is 0.338 e. The van der Waals surface area contributed by atoms with Crippen LogP contribution in [0.3, 0.4) is 0 Å². The molecular formula is C25H29N3O4. The second-order valence-electron chi connectivity index (χ2n) is 8.06. The summed E-state index contributed by atoms with van der Waals surface area (Å²) in [5.41, 5.74) is 4.18. The number of amides is 2. The Morgan fingerprint density at radius 1 is 1.16 bits per heavy atom. The smallest absolute Gasteiger partial charge is 0.338 e. The maximum atomic E-state index is 13.1. The largest absolute Gasteiger partial charge is 0.497 e. The van der Waals surface area contributed by atoms with E-state index in [-0.39, 0.29) is 18.7 Å². The van der Waals surface area contributed by atoms with Crippen molar-refractivity contribution in [2.75, 3.05) is 25.2 Å². The summed E-state index contributed by atoms with van der Waals surface area (Å²) in [5, 5.41) is 5.78. The number of carbonyl (C=O) groups excluding carboxylic acids is 2. The van der Waals surface area contributed by atoms with Crippen LogP contribution in [0.2, 0.25) is 0 Å². The highest BCUT2D eigenvalue weighted by Gasteiger charge is 2.35. The predicted molar refractivity (Wildman–Crippen MR) is 123 cm³/mol. The van der Waals surface area contributed by atoms with Crippen LogP contribution in [0.15, 0.2) is 59.8 Å². The van der Waals surface area contributed by atoms with Crippen LogP contribution in [-0.4, -0.2) is 38.3 Å². The average molecular weight is 436 g/mol. The topological polar surface area (TPSA) is 79.9 Å². The van der Waals surface area contributed by atoms with Crippen LogP contribution < -0.4 is 20.3 Å². The van der Waals surface area contributed by atoms with Crippen molar-refractivity contribution in [3.63, 3.8) is 0 Å². The van der Waals surface area contributed by atoms with E-state index in [1.54, 1.807) is 14.0 Å². The number of urea groups is 1. The third-order valence-corrected chi connectivity index (χ3v) is 6.09. The summed E-state index contributed by atoms with van der Waals surface area (Å²) in [4.78, 5) is 28.0. The summed E-state index contributed by atoms with van der Waals surface area (Å²) in [6, 6.07) is 14.9. The fourth-order valence-electron chi connectivity index (χ4n) is 4.41. The molecule has 2 N–H and O–H groups in total. The molecule has 2 heterocycles. The Labute approximate surface area is 188 Å². The molecular weight excluding hydrogens is 406 g/mol. The maximum absolute atomic E-state index is 13.1. The molecule has 4 rings (SSSR count). The Morgan fingerprint density at radius 3 is 2.62 bits per heavy atom. The quantitative estimate of drug-likeness (QED) is 0.677. The number of esters is 1. The minimum absolute atomic E-state index is 0.252. The summed E-state index contributed by atoms with van der Waals surface area (Å²) in [7, 11) is 1.60. The molecule has 32 heavy (non-hydrogen) atoms. The van der Waals surface area contributed by atoms with Gasteiger partial charge in [-0.25, -0.2) is 9.59 Å². The Morgan fingerprint density at radius 2 is 1.91 bits per heavy atom. The number of fused-ring (bicyclic) bond motifs is 1. The molecule has 0 saturated heterocycles. The van der Waals surface area contributed by atoms with Gasteiger partial charge in [0.15, 0.2) is 0 Å². The molecule has 0 bridgehead atoms. The van der Waals surface area contributed by atoms with Gasteiger partial charge in [0.05, 0.1) is 37.6 Å². The highest BCUT2D eigenvalue weighted by atomic mass is 16.5. The fourth-order valence-corrected chi connectivity index (χ4v) is 4.41. The predicted octanol–water partition coefficient (Wildman–Crippen LogP) is 3.71. The van der Waals surface area contributed by atoms with Gasteiger partial charge in [0.2, 0.25) is 0 Å². The molecule has 0 aliphatic carbocycles. The van der Waals surface area contributed by atoms with Gasteiger partial charge in [-0.3, -0.25) is 0 Å². The lowest BCUT2D eigenvalue weighted by Gasteiger charge is -2.39. The van der Waals surface area contributed by atoms with Crippen molar-refractivity contribution >= 4 is 17.7 Å². The zero-order valence-electron chi connectivity index (χ0n) is 18.7. The SMILES string of the molecule is CCOC(=O)C1=C(CN2c3ccccc3CCC2C)NC(=O)NC1c1ccc(OC)cc1. The van der Waals surface area contributed by atoms with E-state index >= 15 is 0 Å². The van der Waals surface area contributed by atoms with Crippen LogP contribution in [0, 0.1) is 0 Å². The van der Waals surface area contributed by atoms with E-state index in [1.807, 2.05) is 36.4 Å². The van der Waals surface area contributed by atoms with Gasteiger partial charge in [-0.05, 0) is 56.0 Å². The molecule has 7 nitrogen and oxygen atoms in total. The first-order chi connectivity index (χ1) is 15.5. The van der Waals surface area contributed by atoms with Gasteiger partial charge in [0.25, 0.3) is 0 Å². The zero-order valence-corrected chi connectivity index (χ0v) is 18.7. The Bertz CT molecular complexity index is 1030. The van der Waals surface area contributed by atoms with Gasteiger partial charge in [-0.2, -0.15) is 0 Å². The van der Waals surface area contributed by atoms with Gasteiger partial charge in [-0.15, -0.1) is 0 Å². The van der Waals surface area contributed by atoms with E-state index in [9.17, 15) is 9.59 Å². The molecule has 2 atom stereocenters. The zero-order chi connectivity index (χ0) is 22.7. The number of carbonyl (C=O) groups is 2. The van der Waals surface area contributed by atoms with E-state index < -0.39 is 12.0 Å². The fraction of sp³-hybridized carbons (Fsp3) is 0.360. The molecule has 7 heteroatoms. The summed E-state index contributed by atoms with van der Waals surface area (Å²) < 4.78 is 10.6. The van der Waals surface area contributed by atoms with E-state index in [1.165, 1.54) is 5.56 Å². The highest BCUT2D eigenvalue weighted by Crippen LogP contribution is 2.34. The minimum Gasteiger partial charge on any atom is -0.497 e. The molecule has 0 aromatic heterocycles. The van der Waals surface area contributed by atoms with E-state index in [4.69, 9.17) is 9.47 Å². The third kappa shape index (κ3) is 4.28. The van der Waals surface area contributed by atoms with Gasteiger partial charge < -0.3 is 25.0 Å². The number of hydrogen-bond donors (Lipinski definition) is 2. The number of nitrogens with zero attached hydrogens (tertiary/aromatic N) is 1. The van der Waals surface area contributed by atoms with Crippen molar-refractivity contribution in [1.29, 1.82) is 0 Å². The second kappa shape index (κ2) is 9.34. The summed E-state index contributed by atoms with van der Waals surface area (Å²) in [6.45, 7) is 4.61. The van der Waals surface area contributed by atoms with Crippen LogP contribution in [0.5, 0.6) is 5.75 Å². The number of ether oxygens (including phenoxy) is 2. The second-order valence-corrected chi connectivity index (χ2v) is 8.06. The molecule has 168 valence electrons. The molecule has 0 fully saturated rings.